The molecule has 0 unspecified atom stereocenters. The SMILES string of the molecule is FC(F)(F)c1ccc(Nc2ccc(CCl)cc2)nc1. The van der Waals surface area contributed by atoms with E-state index in [0.717, 1.165) is 23.5 Å². The van der Waals surface area contributed by atoms with Crippen LogP contribution >= 0.6 is 11.6 Å². The summed E-state index contributed by atoms with van der Waals surface area (Å²) >= 11 is 5.66. The number of aromatic nitrogens is 1. The van der Waals surface area contributed by atoms with Gasteiger partial charge in [-0.3, -0.25) is 0 Å². The minimum absolute atomic E-state index is 0.353. The number of nitrogens with one attached hydrogen (secondary N) is 1. The molecule has 0 bridgehead atoms. The molecule has 2 nitrogen and oxygen atoms in total. The average Bonchev–Trinajstić information content (AvgIpc) is 2.39. The van der Waals surface area contributed by atoms with E-state index in [4.69, 9.17) is 11.6 Å². The first kappa shape index (κ1) is 13.7. The molecule has 0 amide bonds. The van der Waals surface area contributed by atoms with Gasteiger partial charge in [0.05, 0.1) is 5.56 Å². The lowest BCUT2D eigenvalue weighted by Gasteiger charge is -2.09. The van der Waals surface area contributed by atoms with Gasteiger partial charge in [-0.25, -0.2) is 4.98 Å². The summed E-state index contributed by atoms with van der Waals surface area (Å²) in [5.41, 5.74) is 0.934. The van der Waals surface area contributed by atoms with Crippen LogP contribution in [0.5, 0.6) is 0 Å². The van der Waals surface area contributed by atoms with Crippen molar-refractivity contribution in [2.24, 2.45) is 0 Å². The molecule has 19 heavy (non-hydrogen) atoms. The third-order valence-electron chi connectivity index (χ3n) is 2.47. The zero-order valence-corrected chi connectivity index (χ0v) is 10.5. The van der Waals surface area contributed by atoms with Crippen molar-refractivity contribution in [1.29, 1.82) is 0 Å². The number of nitrogens with zero attached hydrogens (tertiary/aromatic N) is 1. The highest BCUT2D eigenvalue weighted by Gasteiger charge is 2.30. The fourth-order valence-electron chi connectivity index (χ4n) is 1.46. The molecular weight excluding hydrogens is 277 g/mol. The lowest BCUT2D eigenvalue weighted by Crippen LogP contribution is -2.05. The summed E-state index contributed by atoms with van der Waals surface area (Å²) in [5.74, 6) is 0.769. The Balaban J connectivity index is 2.10. The van der Waals surface area contributed by atoms with Crippen molar-refractivity contribution in [1.82, 2.24) is 4.98 Å². The van der Waals surface area contributed by atoms with Gasteiger partial charge in [-0.2, -0.15) is 13.2 Å². The molecule has 1 heterocycles. The standard InChI is InChI=1S/C13H10ClF3N2/c14-7-9-1-4-11(5-2-9)19-12-6-3-10(8-18-12)13(15,16)17/h1-6,8H,7H2,(H,18,19). The molecule has 2 rings (SSSR count). The molecule has 0 aliphatic rings. The molecule has 0 aliphatic carbocycles. The number of benzene rings is 1. The van der Waals surface area contributed by atoms with E-state index in [0.29, 0.717) is 11.7 Å². The van der Waals surface area contributed by atoms with Crippen LogP contribution in [0.15, 0.2) is 42.6 Å². The van der Waals surface area contributed by atoms with Gasteiger partial charge in [-0.15, -0.1) is 11.6 Å². The minimum atomic E-state index is -4.37. The van der Waals surface area contributed by atoms with Gasteiger partial charge in [-0.1, -0.05) is 12.1 Å². The Labute approximate surface area is 113 Å². The zero-order valence-electron chi connectivity index (χ0n) is 9.71. The van der Waals surface area contributed by atoms with E-state index in [1.807, 2.05) is 12.1 Å². The van der Waals surface area contributed by atoms with Crippen LogP contribution in [0.1, 0.15) is 11.1 Å². The predicted molar refractivity (Wildman–Crippen MR) is 68.5 cm³/mol. The van der Waals surface area contributed by atoms with Crippen LogP contribution in [0, 0.1) is 0 Å². The van der Waals surface area contributed by atoms with E-state index in [9.17, 15) is 13.2 Å². The van der Waals surface area contributed by atoms with Gasteiger partial charge in [0.15, 0.2) is 0 Å². The molecule has 0 radical (unpaired) electrons. The van der Waals surface area contributed by atoms with Gasteiger partial charge in [-0.05, 0) is 29.8 Å². The second kappa shape index (κ2) is 5.48. The Bertz CT molecular complexity index is 535. The molecule has 2 aromatic rings. The van der Waals surface area contributed by atoms with Crippen LogP contribution in [0.3, 0.4) is 0 Å². The Morgan fingerprint density at radius 2 is 1.74 bits per heavy atom. The monoisotopic (exact) mass is 286 g/mol. The lowest BCUT2D eigenvalue weighted by atomic mass is 10.2. The number of pyridine rings is 1. The Hall–Kier alpha value is -1.75. The molecule has 0 aliphatic heterocycles. The van der Waals surface area contributed by atoms with Crippen molar-refractivity contribution in [3.63, 3.8) is 0 Å². The Morgan fingerprint density at radius 3 is 2.21 bits per heavy atom. The lowest BCUT2D eigenvalue weighted by molar-refractivity contribution is -0.137. The third-order valence-corrected chi connectivity index (χ3v) is 2.78. The van der Waals surface area contributed by atoms with Crippen LogP contribution in [-0.4, -0.2) is 4.98 Å². The Morgan fingerprint density at radius 1 is 1.05 bits per heavy atom. The quantitative estimate of drug-likeness (QED) is 0.835. The highest BCUT2D eigenvalue weighted by molar-refractivity contribution is 6.17. The molecule has 0 atom stereocenters. The highest BCUT2D eigenvalue weighted by atomic mass is 35.5. The topological polar surface area (TPSA) is 24.9 Å². The van der Waals surface area contributed by atoms with Gasteiger partial charge in [0, 0.05) is 17.8 Å². The van der Waals surface area contributed by atoms with Crippen molar-refractivity contribution in [2.75, 3.05) is 5.32 Å². The number of hydrogen-bond acceptors (Lipinski definition) is 2. The van der Waals surface area contributed by atoms with Gasteiger partial charge < -0.3 is 5.32 Å². The first-order valence-electron chi connectivity index (χ1n) is 5.44. The third kappa shape index (κ3) is 3.61. The van der Waals surface area contributed by atoms with Crippen molar-refractivity contribution in [2.45, 2.75) is 12.1 Å². The second-order valence-corrected chi connectivity index (χ2v) is 4.15. The molecule has 100 valence electrons. The fraction of sp³-hybridized carbons (Fsp3) is 0.154. The smallest absolute Gasteiger partial charge is 0.340 e. The summed E-state index contributed by atoms with van der Waals surface area (Å²) < 4.78 is 37.1. The summed E-state index contributed by atoms with van der Waals surface area (Å²) in [7, 11) is 0. The first-order chi connectivity index (χ1) is 8.99. The number of rotatable bonds is 3. The summed E-state index contributed by atoms with van der Waals surface area (Å²) in [6.45, 7) is 0. The average molecular weight is 287 g/mol. The van der Waals surface area contributed by atoms with Gasteiger partial charge >= 0.3 is 6.18 Å². The van der Waals surface area contributed by atoms with Crippen LogP contribution in [-0.2, 0) is 12.1 Å². The number of anilines is 2. The Kier molecular flexibility index (Phi) is 3.95. The molecule has 6 heteroatoms. The molecule has 0 saturated carbocycles. The normalized spacial score (nSPS) is 11.4. The van der Waals surface area contributed by atoms with Crippen LogP contribution in [0.25, 0.3) is 0 Å². The van der Waals surface area contributed by atoms with E-state index >= 15 is 0 Å². The van der Waals surface area contributed by atoms with Gasteiger partial charge in [0.25, 0.3) is 0 Å². The molecule has 0 spiro atoms. The molecule has 1 aromatic heterocycles. The maximum Gasteiger partial charge on any atom is 0.417 e. The van der Waals surface area contributed by atoms with Crippen molar-refractivity contribution >= 4 is 23.1 Å². The summed E-state index contributed by atoms with van der Waals surface area (Å²) in [6, 6.07) is 9.52. The molecule has 1 N–H and O–H groups in total. The van der Waals surface area contributed by atoms with Crippen LogP contribution in [0.4, 0.5) is 24.7 Å². The van der Waals surface area contributed by atoms with E-state index in [2.05, 4.69) is 10.3 Å². The molecular formula is C13H10ClF3N2. The highest BCUT2D eigenvalue weighted by Crippen LogP contribution is 2.29. The summed E-state index contributed by atoms with van der Waals surface area (Å²) in [6.07, 6.45) is -3.57. The van der Waals surface area contributed by atoms with Gasteiger partial charge in [0.1, 0.15) is 5.82 Å². The van der Waals surface area contributed by atoms with Crippen LogP contribution < -0.4 is 5.32 Å². The van der Waals surface area contributed by atoms with E-state index in [1.54, 1.807) is 12.1 Å². The number of hydrogen-bond donors (Lipinski definition) is 1. The summed E-state index contributed by atoms with van der Waals surface area (Å²) in [4.78, 5) is 3.73. The number of halogens is 4. The second-order valence-electron chi connectivity index (χ2n) is 3.89. The molecule has 0 saturated heterocycles. The molecule has 0 fully saturated rings. The van der Waals surface area contributed by atoms with Crippen molar-refractivity contribution in [3.05, 3.63) is 53.7 Å². The van der Waals surface area contributed by atoms with E-state index in [1.165, 1.54) is 6.07 Å². The predicted octanol–water partition coefficient (Wildman–Crippen LogP) is 4.58. The van der Waals surface area contributed by atoms with Crippen LogP contribution in [0.2, 0.25) is 0 Å². The van der Waals surface area contributed by atoms with E-state index < -0.39 is 11.7 Å². The van der Waals surface area contributed by atoms with Crippen molar-refractivity contribution in [3.8, 4) is 0 Å². The maximum absolute atomic E-state index is 12.4. The minimum Gasteiger partial charge on any atom is -0.340 e. The largest absolute Gasteiger partial charge is 0.417 e. The first-order valence-corrected chi connectivity index (χ1v) is 5.97. The fourth-order valence-corrected chi connectivity index (χ4v) is 1.64. The zero-order chi connectivity index (χ0) is 13.9. The van der Waals surface area contributed by atoms with Crippen molar-refractivity contribution < 1.29 is 13.2 Å². The number of alkyl halides is 4. The van der Waals surface area contributed by atoms with Gasteiger partial charge in [0.2, 0.25) is 0 Å². The molecule has 1 aromatic carbocycles. The maximum atomic E-state index is 12.4. The summed E-state index contributed by atoms with van der Waals surface area (Å²) in [5, 5.41) is 2.91. The van der Waals surface area contributed by atoms with E-state index in [-0.39, 0.29) is 0 Å².